The van der Waals surface area contributed by atoms with Crippen LogP contribution in [0.1, 0.15) is 71.6 Å². The zero-order chi connectivity index (χ0) is 14.0. The molecular weight excluding hydrogens is 260 g/mol. The Morgan fingerprint density at radius 3 is 2.70 bits per heavy atom. The largest absolute Gasteiger partial charge is 0.172 e. The Bertz CT molecular complexity index is 439. The normalized spacial score (nSPS) is 54.6. The van der Waals surface area contributed by atoms with Crippen molar-refractivity contribution >= 4 is 12.6 Å². The fourth-order valence-electron chi connectivity index (χ4n) is 6.70. The van der Waals surface area contributed by atoms with Gasteiger partial charge in [0, 0.05) is 5.25 Å². The number of thiol groups is 1. The second kappa shape index (κ2) is 4.54. The topological polar surface area (TPSA) is 0 Å². The SMILES string of the molecule is CC12CCCC1C1CCC3=CC(S)CCC3(C)C1CC2. The van der Waals surface area contributed by atoms with E-state index in [9.17, 15) is 0 Å². The molecule has 0 aliphatic heterocycles. The molecule has 4 aliphatic rings. The minimum atomic E-state index is 0.534. The van der Waals surface area contributed by atoms with Crippen molar-refractivity contribution in [1.29, 1.82) is 0 Å². The van der Waals surface area contributed by atoms with Gasteiger partial charge in [-0.15, -0.1) is 0 Å². The average Bonchev–Trinajstić information content (AvgIpc) is 2.81. The fourth-order valence-corrected chi connectivity index (χ4v) is 7.01. The molecule has 0 saturated heterocycles. The van der Waals surface area contributed by atoms with Crippen LogP contribution in [0.15, 0.2) is 11.6 Å². The Kier molecular flexibility index (Phi) is 3.12. The lowest BCUT2D eigenvalue weighted by Gasteiger charge is -2.57. The third-order valence-electron chi connectivity index (χ3n) is 7.87. The van der Waals surface area contributed by atoms with Gasteiger partial charge in [0.05, 0.1) is 0 Å². The first-order chi connectivity index (χ1) is 9.53. The Labute approximate surface area is 130 Å². The summed E-state index contributed by atoms with van der Waals surface area (Å²) in [5.74, 6) is 3.07. The summed E-state index contributed by atoms with van der Waals surface area (Å²) in [6.07, 6.45) is 15.6. The smallest absolute Gasteiger partial charge is 0.0199 e. The van der Waals surface area contributed by atoms with Gasteiger partial charge in [0.25, 0.3) is 0 Å². The van der Waals surface area contributed by atoms with Gasteiger partial charge in [0.2, 0.25) is 0 Å². The average molecular weight is 291 g/mol. The van der Waals surface area contributed by atoms with Gasteiger partial charge in [0.15, 0.2) is 0 Å². The van der Waals surface area contributed by atoms with Gasteiger partial charge < -0.3 is 0 Å². The predicted octanol–water partition coefficient (Wildman–Crippen LogP) is 5.64. The van der Waals surface area contributed by atoms with Gasteiger partial charge in [-0.25, -0.2) is 0 Å². The molecule has 0 nitrogen and oxygen atoms in total. The van der Waals surface area contributed by atoms with Crippen LogP contribution in [0.25, 0.3) is 0 Å². The van der Waals surface area contributed by atoms with E-state index >= 15 is 0 Å². The van der Waals surface area contributed by atoms with Crippen molar-refractivity contribution in [2.45, 2.75) is 76.9 Å². The van der Waals surface area contributed by atoms with Gasteiger partial charge in [-0.3, -0.25) is 0 Å². The van der Waals surface area contributed by atoms with Crippen molar-refractivity contribution in [3.63, 3.8) is 0 Å². The van der Waals surface area contributed by atoms with Gasteiger partial charge in [-0.2, -0.15) is 12.6 Å². The van der Waals surface area contributed by atoms with Gasteiger partial charge in [0.1, 0.15) is 0 Å². The zero-order valence-electron chi connectivity index (χ0n) is 13.2. The number of fused-ring (bicyclic) bond motifs is 5. The molecule has 112 valence electrons. The van der Waals surface area contributed by atoms with E-state index in [0.717, 1.165) is 17.8 Å². The molecule has 0 amide bonds. The fraction of sp³-hybridized carbons (Fsp3) is 0.895. The monoisotopic (exact) mass is 290 g/mol. The summed E-state index contributed by atoms with van der Waals surface area (Å²) in [5, 5.41) is 0.537. The van der Waals surface area contributed by atoms with Crippen LogP contribution in [-0.4, -0.2) is 5.25 Å². The summed E-state index contributed by atoms with van der Waals surface area (Å²) >= 11 is 4.73. The molecule has 6 atom stereocenters. The zero-order valence-corrected chi connectivity index (χ0v) is 14.1. The molecule has 0 spiro atoms. The van der Waals surface area contributed by atoms with Crippen LogP contribution < -0.4 is 0 Å². The third-order valence-corrected chi connectivity index (χ3v) is 8.28. The molecular formula is C19H30S. The molecule has 0 aromatic carbocycles. The summed E-state index contributed by atoms with van der Waals surface area (Å²) in [7, 11) is 0. The summed E-state index contributed by atoms with van der Waals surface area (Å²) in [5.41, 5.74) is 3.03. The van der Waals surface area contributed by atoms with E-state index in [1.165, 1.54) is 57.8 Å². The molecule has 4 rings (SSSR count). The lowest BCUT2D eigenvalue weighted by Crippen LogP contribution is -2.49. The van der Waals surface area contributed by atoms with Gasteiger partial charge >= 0.3 is 0 Å². The molecule has 0 N–H and O–H groups in total. The number of hydrogen-bond acceptors (Lipinski definition) is 1. The molecule has 3 saturated carbocycles. The molecule has 0 bridgehead atoms. The van der Waals surface area contributed by atoms with Crippen molar-refractivity contribution < 1.29 is 0 Å². The number of allylic oxidation sites excluding steroid dienone is 1. The molecule has 20 heavy (non-hydrogen) atoms. The van der Waals surface area contributed by atoms with Crippen molar-refractivity contribution in [3.8, 4) is 0 Å². The maximum atomic E-state index is 4.73. The Balaban J connectivity index is 1.68. The number of rotatable bonds is 0. The molecule has 0 radical (unpaired) electrons. The first-order valence-electron chi connectivity index (χ1n) is 8.92. The Morgan fingerprint density at radius 2 is 1.85 bits per heavy atom. The second-order valence-electron chi connectivity index (χ2n) is 8.72. The summed E-state index contributed by atoms with van der Waals surface area (Å²) < 4.78 is 0. The molecule has 0 heterocycles. The first-order valence-corrected chi connectivity index (χ1v) is 9.44. The van der Waals surface area contributed by atoms with Crippen LogP contribution >= 0.6 is 12.6 Å². The molecule has 4 aliphatic carbocycles. The predicted molar refractivity (Wildman–Crippen MR) is 89.1 cm³/mol. The lowest BCUT2D eigenvalue weighted by atomic mass is 9.47. The van der Waals surface area contributed by atoms with E-state index in [-0.39, 0.29) is 0 Å². The number of hydrogen-bond donors (Lipinski definition) is 1. The Morgan fingerprint density at radius 1 is 1.00 bits per heavy atom. The highest BCUT2D eigenvalue weighted by Gasteiger charge is 2.55. The van der Waals surface area contributed by atoms with Crippen molar-refractivity contribution in [2.24, 2.45) is 28.6 Å². The van der Waals surface area contributed by atoms with Crippen LogP contribution in [0.3, 0.4) is 0 Å². The molecule has 0 aromatic heterocycles. The highest BCUT2D eigenvalue weighted by atomic mass is 32.1. The Hall–Kier alpha value is 0.0900. The minimum Gasteiger partial charge on any atom is -0.172 e. The van der Waals surface area contributed by atoms with E-state index in [0.29, 0.717) is 16.1 Å². The van der Waals surface area contributed by atoms with E-state index in [1.54, 1.807) is 5.57 Å². The maximum absolute atomic E-state index is 4.73. The van der Waals surface area contributed by atoms with E-state index < -0.39 is 0 Å². The van der Waals surface area contributed by atoms with Crippen molar-refractivity contribution in [3.05, 3.63) is 11.6 Å². The van der Waals surface area contributed by atoms with Crippen molar-refractivity contribution in [1.82, 2.24) is 0 Å². The van der Waals surface area contributed by atoms with Crippen LogP contribution in [0, 0.1) is 28.6 Å². The quantitative estimate of drug-likeness (QED) is 0.433. The molecule has 3 fully saturated rings. The summed E-state index contributed by atoms with van der Waals surface area (Å²) in [6.45, 7) is 5.21. The summed E-state index contributed by atoms with van der Waals surface area (Å²) in [4.78, 5) is 0. The minimum absolute atomic E-state index is 0.534. The van der Waals surface area contributed by atoms with Gasteiger partial charge in [-0.1, -0.05) is 31.9 Å². The molecule has 6 unspecified atom stereocenters. The van der Waals surface area contributed by atoms with E-state index in [2.05, 4.69) is 19.9 Å². The second-order valence-corrected chi connectivity index (χ2v) is 9.38. The van der Waals surface area contributed by atoms with Crippen LogP contribution in [0.2, 0.25) is 0 Å². The lowest BCUT2D eigenvalue weighted by molar-refractivity contribution is -0.0358. The molecule has 1 heteroatoms. The van der Waals surface area contributed by atoms with Crippen molar-refractivity contribution in [2.75, 3.05) is 0 Å². The standard InChI is InChI=1S/C19H30S/c1-18-9-3-4-16(18)15-6-5-13-12-14(20)7-11-19(13,2)17(15)8-10-18/h12,14-17,20H,3-11H2,1-2H3. The highest BCUT2D eigenvalue weighted by molar-refractivity contribution is 7.81. The summed E-state index contributed by atoms with van der Waals surface area (Å²) in [6, 6.07) is 0. The third kappa shape index (κ3) is 1.81. The van der Waals surface area contributed by atoms with E-state index in [1.807, 2.05) is 0 Å². The first kappa shape index (κ1) is 13.7. The van der Waals surface area contributed by atoms with Crippen LogP contribution in [0.5, 0.6) is 0 Å². The van der Waals surface area contributed by atoms with Crippen LogP contribution in [0.4, 0.5) is 0 Å². The molecule has 0 aromatic rings. The van der Waals surface area contributed by atoms with E-state index in [4.69, 9.17) is 12.6 Å². The van der Waals surface area contributed by atoms with Gasteiger partial charge in [-0.05, 0) is 80.0 Å². The van der Waals surface area contributed by atoms with Crippen LogP contribution in [-0.2, 0) is 0 Å². The maximum Gasteiger partial charge on any atom is 0.0199 e. The highest BCUT2D eigenvalue weighted by Crippen LogP contribution is 2.65.